The van der Waals surface area contributed by atoms with Gasteiger partial charge in [0.05, 0.1) is 17.4 Å². The number of hydrogen-bond acceptors (Lipinski definition) is 4. The van der Waals surface area contributed by atoms with Gasteiger partial charge in [-0.3, -0.25) is 4.79 Å². The molecule has 1 aliphatic rings. The summed E-state index contributed by atoms with van der Waals surface area (Å²) in [6.07, 6.45) is 3.34. The Kier molecular flexibility index (Phi) is 3.69. The second-order valence-electron chi connectivity index (χ2n) is 5.09. The number of aromatic amines is 1. The molecular weight excluding hydrogens is 292 g/mol. The van der Waals surface area contributed by atoms with Gasteiger partial charge in [-0.25, -0.2) is 13.1 Å². The van der Waals surface area contributed by atoms with E-state index in [2.05, 4.69) is 9.71 Å². The Balaban J connectivity index is 1.74. The molecule has 1 saturated heterocycles. The van der Waals surface area contributed by atoms with E-state index >= 15 is 0 Å². The number of nitrogens with one attached hydrogen (secondary N) is 2. The van der Waals surface area contributed by atoms with Crippen molar-refractivity contribution in [1.29, 1.82) is 0 Å². The van der Waals surface area contributed by atoms with E-state index in [0.29, 0.717) is 6.61 Å². The van der Waals surface area contributed by atoms with Crippen LogP contribution in [-0.2, 0) is 19.6 Å². The Bertz CT molecular complexity index is 760. The van der Waals surface area contributed by atoms with E-state index < -0.39 is 15.9 Å². The minimum atomic E-state index is -3.84. The highest BCUT2D eigenvalue weighted by Gasteiger charge is 2.23. The van der Waals surface area contributed by atoms with Crippen molar-refractivity contribution in [1.82, 2.24) is 9.71 Å². The first-order chi connectivity index (χ1) is 10.0. The van der Waals surface area contributed by atoms with Crippen molar-refractivity contribution in [3.8, 4) is 0 Å². The van der Waals surface area contributed by atoms with Crippen molar-refractivity contribution in [3.63, 3.8) is 0 Å². The largest absolute Gasteiger partial charge is 0.378 e. The fourth-order valence-electron chi connectivity index (χ4n) is 2.46. The van der Waals surface area contributed by atoms with Gasteiger partial charge in [-0.2, -0.15) is 0 Å². The van der Waals surface area contributed by atoms with E-state index in [0.717, 1.165) is 23.7 Å². The topological polar surface area (TPSA) is 88.3 Å². The Morgan fingerprint density at radius 2 is 2.24 bits per heavy atom. The Morgan fingerprint density at radius 1 is 1.38 bits per heavy atom. The summed E-state index contributed by atoms with van der Waals surface area (Å²) >= 11 is 0. The first kappa shape index (κ1) is 14.1. The number of amides is 1. The lowest BCUT2D eigenvalue weighted by molar-refractivity contribution is -0.121. The third-order valence-electron chi connectivity index (χ3n) is 3.52. The van der Waals surface area contributed by atoms with Crippen LogP contribution in [0.1, 0.15) is 19.3 Å². The predicted molar refractivity (Wildman–Crippen MR) is 77.2 cm³/mol. The van der Waals surface area contributed by atoms with Gasteiger partial charge in [0, 0.05) is 23.7 Å². The second kappa shape index (κ2) is 5.50. The van der Waals surface area contributed by atoms with Gasteiger partial charge in [-0.15, -0.1) is 0 Å². The van der Waals surface area contributed by atoms with E-state index in [4.69, 9.17) is 4.74 Å². The monoisotopic (exact) mass is 308 g/mol. The molecule has 2 heterocycles. The highest BCUT2D eigenvalue weighted by molar-refractivity contribution is 7.90. The Labute approximate surface area is 122 Å². The Morgan fingerprint density at radius 3 is 3.00 bits per heavy atom. The van der Waals surface area contributed by atoms with Gasteiger partial charge in [0.1, 0.15) is 0 Å². The molecule has 7 heteroatoms. The van der Waals surface area contributed by atoms with Gasteiger partial charge in [-0.1, -0.05) is 0 Å². The van der Waals surface area contributed by atoms with Crippen LogP contribution in [0.4, 0.5) is 0 Å². The normalized spacial score (nSPS) is 19.0. The fourth-order valence-corrected chi connectivity index (χ4v) is 3.49. The standard InChI is InChI=1S/C14H16N2O4S/c17-14(9-11-2-1-7-20-11)16-21(18,19)12-3-4-13-10(8-12)5-6-15-13/h3-6,8,11,15H,1-2,7,9H2,(H,16,17). The number of hydrogen-bond donors (Lipinski definition) is 2. The quantitative estimate of drug-likeness (QED) is 0.897. The first-order valence-electron chi connectivity index (χ1n) is 6.79. The summed E-state index contributed by atoms with van der Waals surface area (Å²) in [5, 5.41) is 0.782. The van der Waals surface area contributed by atoms with Crippen LogP contribution in [0.5, 0.6) is 0 Å². The number of carbonyl (C=O) groups excluding carboxylic acids is 1. The van der Waals surface area contributed by atoms with Gasteiger partial charge in [0.2, 0.25) is 5.91 Å². The number of sulfonamides is 1. The molecule has 0 bridgehead atoms. The van der Waals surface area contributed by atoms with Crippen LogP contribution in [0.2, 0.25) is 0 Å². The lowest BCUT2D eigenvalue weighted by Crippen LogP contribution is -2.32. The summed E-state index contributed by atoms with van der Waals surface area (Å²) < 4.78 is 31.8. The minimum absolute atomic E-state index is 0.0750. The van der Waals surface area contributed by atoms with Crippen molar-refractivity contribution in [2.75, 3.05) is 6.61 Å². The summed E-state index contributed by atoms with van der Waals surface area (Å²) in [6.45, 7) is 0.634. The maximum absolute atomic E-state index is 12.2. The molecule has 2 N–H and O–H groups in total. The van der Waals surface area contributed by atoms with Crippen molar-refractivity contribution in [2.45, 2.75) is 30.3 Å². The van der Waals surface area contributed by atoms with Crippen LogP contribution < -0.4 is 4.72 Å². The molecule has 2 aromatic rings. The minimum Gasteiger partial charge on any atom is -0.378 e. The van der Waals surface area contributed by atoms with Crippen molar-refractivity contribution < 1.29 is 17.9 Å². The van der Waals surface area contributed by atoms with Gasteiger partial charge < -0.3 is 9.72 Å². The van der Waals surface area contributed by atoms with Crippen LogP contribution in [0.15, 0.2) is 35.4 Å². The van der Waals surface area contributed by atoms with Crippen molar-refractivity contribution >= 4 is 26.8 Å². The number of aromatic nitrogens is 1. The molecule has 6 nitrogen and oxygen atoms in total. The summed E-state index contributed by atoms with van der Waals surface area (Å²) in [5.41, 5.74) is 0.847. The third-order valence-corrected chi connectivity index (χ3v) is 4.89. The van der Waals surface area contributed by atoms with E-state index in [1.54, 1.807) is 18.3 Å². The molecule has 1 aromatic heterocycles. The van der Waals surface area contributed by atoms with Crippen LogP contribution in [0, 0.1) is 0 Å². The molecule has 1 amide bonds. The molecule has 1 unspecified atom stereocenters. The number of ether oxygens (including phenoxy) is 1. The summed E-state index contributed by atoms with van der Waals surface area (Å²) in [5.74, 6) is -0.531. The van der Waals surface area contributed by atoms with E-state index in [9.17, 15) is 13.2 Å². The van der Waals surface area contributed by atoms with Crippen LogP contribution >= 0.6 is 0 Å². The van der Waals surface area contributed by atoms with Gasteiger partial charge >= 0.3 is 0 Å². The molecule has 0 saturated carbocycles. The van der Waals surface area contributed by atoms with Gasteiger partial charge in [0.15, 0.2) is 0 Å². The van der Waals surface area contributed by atoms with Gasteiger partial charge in [-0.05, 0) is 37.1 Å². The summed E-state index contributed by atoms with van der Waals surface area (Å²) in [4.78, 5) is 14.9. The molecular formula is C14H16N2O4S. The number of carbonyl (C=O) groups is 1. The zero-order valence-corrected chi connectivity index (χ0v) is 12.2. The van der Waals surface area contributed by atoms with Crippen LogP contribution in [0.3, 0.4) is 0 Å². The molecule has 0 radical (unpaired) electrons. The van der Waals surface area contributed by atoms with Crippen molar-refractivity contribution in [3.05, 3.63) is 30.5 Å². The highest BCUT2D eigenvalue weighted by Crippen LogP contribution is 2.19. The molecule has 1 fully saturated rings. The maximum atomic E-state index is 12.2. The molecule has 21 heavy (non-hydrogen) atoms. The summed E-state index contributed by atoms with van der Waals surface area (Å²) in [7, 11) is -3.84. The average molecular weight is 308 g/mol. The Hall–Kier alpha value is -1.86. The predicted octanol–water partition coefficient (Wildman–Crippen LogP) is 1.54. The summed E-state index contributed by atoms with van der Waals surface area (Å²) in [6, 6.07) is 6.46. The molecule has 1 atom stereocenters. The molecule has 0 spiro atoms. The molecule has 3 rings (SSSR count). The van der Waals surface area contributed by atoms with Crippen LogP contribution in [0.25, 0.3) is 10.9 Å². The SMILES string of the molecule is O=C(CC1CCCO1)NS(=O)(=O)c1ccc2[nH]ccc2c1. The highest BCUT2D eigenvalue weighted by atomic mass is 32.2. The van der Waals surface area contributed by atoms with E-state index in [1.807, 2.05) is 0 Å². The van der Waals surface area contributed by atoms with E-state index in [-0.39, 0.29) is 17.4 Å². The lowest BCUT2D eigenvalue weighted by Gasteiger charge is -2.10. The number of benzene rings is 1. The number of fused-ring (bicyclic) bond motifs is 1. The lowest BCUT2D eigenvalue weighted by atomic mass is 10.2. The molecule has 112 valence electrons. The molecule has 0 aliphatic carbocycles. The second-order valence-corrected chi connectivity index (χ2v) is 6.78. The van der Waals surface area contributed by atoms with Gasteiger partial charge in [0.25, 0.3) is 10.0 Å². The first-order valence-corrected chi connectivity index (χ1v) is 8.27. The number of H-pyrrole nitrogens is 1. The maximum Gasteiger partial charge on any atom is 0.264 e. The molecule has 1 aliphatic heterocycles. The number of rotatable bonds is 4. The zero-order valence-electron chi connectivity index (χ0n) is 11.3. The third kappa shape index (κ3) is 3.08. The van der Waals surface area contributed by atoms with Crippen molar-refractivity contribution in [2.24, 2.45) is 0 Å². The average Bonchev–Trinajstić information content (AvgIpc) is 3.07. The smallest absolute Gasteiger partial charge is 0.264 e. The zero-order chi connectivity index (χ0) is 14.9. The van der Waals surface area contributed by atoms with E-state index in [1.165, 1.54) is 12.1 Å². The molecule has 1 aromatic carbocycles. The van der Waals surface area contributed by atoms with Crippen LogP contribution in [-0.4, -0.2) is 32.0 Å². The fraction of sp³-hybridized carbons (Fsp3) is 0.357.